The lowest BCUT2D eigenvalue weighted by molar-refractivity contribution is 0.100. The molecule has 0 saturated heterocycles. The molecule has 14 heavy (non-hydrogen) atoms. The van der Waals surface area contributed by atoms with E-state index < -0.39 is 0 Å². The highest BCUT2D eigenvalue weighted by molar-refractivity contribution is 4.87. The SMILES string of the molecule is CCC(CC)C(O)Cc1ncnn1C. The summed E-state index contributed by atoms with van der Waals surface area (Å²) in [7, 11) is 1.85. The van der Waals surface area contributed by atoms with E-state index >= 15 is 0 Å². The van der Waals surface area contributed by atoms with Gasteiger partial charge in [-0.25, -0.2) is 4.98 Å². The summed E-state index contributed by atoms with van der Waals surface area (Å²) in [5.41, 5.74) is 0. The van der Waals surface area contributed by atoms with Crippen LogP contribution in [0.5, 0.6) is 0 Å². The Hall–Kier alpha value is -0.900. The van der Waals surface area contributed by atoms with Crippen LogP contribution in [0.4, 0.5) is 0 Å². The van der Waals surface area contributed by atoms with Gasteiger partial charge in [-0.3, -0.25) is 4.68 Å². The molecule has 1 heterocycles. The van der Waals surface area contributed by atoms with E-state index in [1.165, 1.54) is 6.33 Å². The van der Waals surface area contributed by atoms with Gasteiger partial charge in [0.15, 0.2) is 0 Å². The van der Waals surface area contributed by atoms with E-state index in [0.29, 0.717) is 12.3 Å². The van der Waals surface area contributed by atoms with Gasteiger partial charge in [0.1, 0.15) is 12.2 Å². The maximum atomic E-state index is 9.92. The van der Waals surface area contributed by atoms with Crippen LogP contribution in [0.15, 0.2) is 6.33 Å². The Morgan fingerprint density at radius 1 is 1.43 bits per heavy atom. The molecule has 1 atom stereocenters. The van der Waals surface area contributed by atoms with Crippen molar-refractivity contribution in [3.05, 3.63) is 12.2 Å². The summed E-state index contributed by atoms with van der Waals surface area (Å²) >= 11 is 0. The van der Waals surface area contributed by atoms with Gasteiger partial charge >= 0.3 is 0 Å². The lowest BCUT2D eigenvalue weighted by Gasteiger charge is -2.19. The highest BCUT2D eigenvalue weighted by Gasteiger charge is 2.17. The van der Waals surface area contributed by atoms with Crippen LogP contribution in [0.2, 0.25) is 0 Å². The maximum Gasteiger partial charge on any atom is 0.138 e. The third-order valence-electron chi connectivity index (χ3n) is 2.79. The average Bonchev–Trinajstić information content (AvgIpc) is 2.54. The van der Waals surface area contributed by atoms with Gasteiger partial charge in [-0.15, -0.1) is 0 Å². The first kappa shape index (κ1) is 11.2. The minimum absolute atomic E-state index is 0.298. The predicted octanol–water partition coefficient (Wildman–Crippen LogP) is 1.15. The Labute approximate surface area is 85.0 Å². The molecular weight excluding hydrogens is 178 g/mol. The zero-order valence-electron chi connectivity index (χ0n) is 9.14. The highest BCUT2D eigenvalue weighted by Crippen LogP contribution is 2.15. The van der Waals surface area contributed by atoms with Gasteiger partial charge in [0.25, 0.3) is 0 Å². The highest BCUT2D eigenvalue weighted by atomic mass is 16.3. The molecule has 1 aromatic rings. The van der Waals surface area contributed by atoms with Gasteiger partial charge in [0, 0.05) is 13.5 Å². The van der Waals surface area contributed by atoms with Gasteiger partial charge in [0.2, 0.25) is 0 Å². The number of aliphatic hydroxyl groups excluding tert-OH is 1. The summed E-state index contributed by atoms with van der Waals surface area (Å²) in [6.45, 7) is 4.21. The van der Waals surface area contributed by atoms with Gasteiger partial charge in [-0.05, 0) is 5.92 Å². The molecule has 0 amide bonds. The summed E-state index contributed by atoms with van der Waals surface area (Å²) in [4.78, 5) is 4.10. The molecule has 1 rings (SSSR count). The van der Waals surface area contributed by atoms with E-state index in [-0.39, 0.29) is 6.10 Å². The second-order valence-corrected chi connectivity index (χ2v) is 3.65. The van der Waals surface area contributed by atoms with E-state index in [1.807, 2.05) is 7.05 Å². The molecule has 1 unspecified atom stereocenters. The molecule has 0 radical (unpaired) electrons. The van der Waals surface area contributed by atoms with Crippen LogP contribution in [-0.2, 0) is 13.5 Å². The molecule has 4 nitrogen and oxygen atoms in total. The number of nitrogens with zero attached hydrogens (tertiary/aromatic N) is 3. The Kier molecular flexibility index (Phi) is 4.07. The molecule has 0 bridgehead atoms. The van der Waals surface area contributed by atoms with Gasteiger partial charge in [-0.1, -0.05) is 26.7 Å². The topological polar surface area (TPSA) is 50.9 Å². The number of aliphatic hydroxyl groups is 1. The quantitative estimate of drug-likeness (QED) is 0.770. The zero-order chi connectivity index (χ0) is 10.6. The summed E-state index contributed by atoms with van der Waals surface area (Å²) in [5.74, 6) is 1.22. The molecule has 0 aliphatic carbocycles. The number of rotatable bonds is 5. The molecule has 0 aliphatic heterocycles. The van der Waals surface area contributed by atoms with Crippen molar-refractivity contribution in [3.8, 4) is 0 Å². The lowest BCUT2D eigenvalue weighted by atomic mass is 9.94. The van der Waals surface area contributed by atoms with Crippen LogP contribution < -0.4 is 0 Å². The Morgan fingerprint density at radius 2 is 2.07 bits per heavy atom. The molecule has 80 valence electrons. The van der Waals surface area contributed by atoms with Crippen LogP contribution in [-0.4, -0.2) is 26.0 Å². The molecule has 0 fully saturated rings. The zero-order valence-corrected chi connectivity index (χ0v) is 9.14. The molecule has 0 saturated carbocycles. The number of aryl methyl sites for hydroxylation is 1. The average molecular weight is 197 g/mol. The van der Waals surface area contributed by atoms with E-state index in [0.717, 1.165) is 18.7 Å². The van der Waals surface area contributed by atoms with Crippen molar-refractivity contribution in [1.82, 2.24) is 14.8 Å². The van der Waals surface area contributed by atoms with Crippen molar-refractivity contribution >= 4 is 0 Å². The van der Waals surface area contributed by atoms with Crippen LogP contribution in [0.3, 0.4) is 0 Å². The fraction of sp³-hybridized carbons (Fsp3) is 0.800. The first-order chi connectivity index (χ1) is 6.69. The van der Waals surface area contributed by atoms with Crippen LogP contribution in [0.1, 0.15) is 32.5 Å². The molecule has 0 aromatic carbocycles. The maximum absolute atomic E-state index is 9.92. The van der Waals surface area contributed by atoms with E-state index in [9.17, 15) is 5.11 Å². The fourth-order valence-electron chi connectivity index (χ4n) is 1.69. The Balaban J connectivity index is 2.56. The Bertz CT molecular complexity index is 268. The van der Waals surface area contributed by atoms with Crippen molar-refractivity contribution in [2.24, 2.45) is 13.0 Å². The summed E-state index contributed by atoms with van der Waals surface area (Å²) in [6, 6.07) is 0. The van der Waals surface area contributed by atoms with Crippen LogP contribution in [0.25, 0.3) is 0 Å². The molecule has 0 aliphatic rings. The normalized spacial score (nSPS) is 13.5. The smallest absolute Gasteiger partial charge is 0.138 e. The van der Waals surface area contributed by atoms with Gasteiger partial charge < -0.3 is 5.11 Å². The summed E-state index contributed by atoms with van der Waals surface area (Å²) < 4.78 is 1.71. The van der Waals surface area contributed by atoms with Crippen LogP contribution >= 0.6 is 0 Å². The molecule has 1 N–H and O–H groups in total. The molecular formula is C10H19N3O. The number of hydrogen-bond donors (Lipinski definition) is 1. The fourth-order valence-corrected chi connectivity index (χ4v) is 1.69. The van der Waals surface area contributed by atoms with Crippen molar-refractivity contribution < 1.29 is 5.11 Å². The minimum Gasteiger partial charge on any atom is -0.392 e. The predicted molar refractivity (Wildman–Crippen MR) is 54.8 cm³/mol. The van der Waals surface area contributed by atoms with Crippen LogP contribution in [0, 0.1) is 5.92 Å². The monoisotopic (exact) mass is 197 g/mol. The largest absolute Gasteiger partial charge is 0.392 e. The van der Waals surface area contributed by atoms with E-state index in [4.69, 9.17) is 0 Å². The molecule has 0 spiro atoms. The van der Waals surface area contributed by atoms with E-state index in [1.54, 1.807) is 4.68 Å². The standard InChI is InChI=1S/C10H19N3O/c1-4-8(5-2)9(14)6-10-11-7-12-13(10)3/h7-9,14H,4-6H2,1-3H3. The minimum atomic E-state index is -0.298. The second kappa shape index (κ2) is 5.10. The Morgan fingerprint density at radius 3 is 2.50 bits per heavy atom. The lowest BCUT2D eigenvalue weighted by Crippen LogP contribution is -2.23. The molecule has 1 aromatic heterocycles. The molecule has 4 heteroatoms. The second-order valence-electron chi connectivity index (χ2n) is 3.65. The summed E-state index contributed by atoms with van der Waals surface area (Å²) in [6.07, 6.45) is 3.84. The first-order valence-electron chi connectivity index (χ1n) is 5.19. The third kappa shape index (κ3) is 2.54. The van der Waals surface area contributed by atoms with Gasteiger partial charge in [0.05, 0.1) is 6.10 Å². The number of hydrogen-bond acceptors (Lipinski definition) is 3. The van der Waals surface area contributed by atoms with Crippen molar-refractivity contribution in [2.45, 2.75) is 39.2 Å². The summed E-state index contributed by atoms with van der Waals surface area (Å²) in [5, 5.41) is 13.9. The van der Waals surface area contributed by atoms with Gasteiger partial charge in [-0.2, -0.15) is 5.10 Å². The number of aromatic nitrogens is 3. The van der Waals surface area contributed by atoms with E-state index in [2.05, 4.69) is 23.9 Å². The van der Waals surface area contributed by atoms with Crippen molar-refractivity contribution in [3.63, 3.8) is 0 Å². The van der Waals surface area contributed by atoms with Crippen molar-refractivity contribution in [1.29, 1.82) is 0 Å². The first-order valence-corrected chi connectivity index (χ1v) is 5.19. The third-order valence-corrected chi connectivity index (χ3v) is 2.79. The van der Waals surface area contributed by atoms with Crippen molar-refractivity contribution in [2.75, 3.05) is 0 Å².